The van der Waals surface area contributed by atoms with Crippen molar-refractivity contribution in [1.29, 1.82) is 0 Å². The van der Waals surface area contributed by atoms with Crippen LogP contribution in [0.4, 0.5) is 17.1 Å². The second kappa shape index (κ2) is 10.9. The average Bonchev–Trinajstić information content (AvgIpc) is 3.33. The van der Waals surface area contributed by atoms with Crippen molar-refractivity contribution in [3.05, 3.63) is 80.3 Å². The minimum absolute atomic E-state index is 0.0157. The van der Waals surface area contributed by atoms with Crippen molar-refractivity contribution < 1.29 is 18.9 Å². The van der Waals surface area contributed by atoms with Gasteiger partial charge in [-0.15, -0.1) is 0 Å². The van der Waals surface area contributed by atoms with Gasteiger partial charge in [0.15, 0.2) is 10.7 Å². The number of morpholine rings is 1. The molecule has 13 heteroatoms. The molecule has 1 saturated heterocycles. The molecular formula is C25H19Cl2N5O5S. The number of thiocarbonyl (C=S) groups is 1. The first kappa shape index (κ1) is 25.9. The fourth-order valence-electron chi connectivity index (χ4n) is 3.99. The van der Waals surface area contributed by atoms with Crippen LogP contribution in [-0.2, 0) is 4.74 Å². The Kier molecular flexibility index (Phi) is 7.43. The van der Waals surface area contributed by atoms with Crippen LogP contribution in [0.3, 0.4) is 0 Å². The molecule has 2 N–H and O–H groups in total. The number of nitro benzene ring substituents is 1. The van der Waals surface area contributed by atoms with Crippen molar-refractivity contribution in [3.8, 4) is 11.5 Å². The molecule has 0 atom stereocenters. The second-order valence-electron chi connectivity index (χ2n) is 8.30. The molecule has 5 rings (SSSR count). The molecular weight excluding hydrogens is 553 g/mol. The third-order valence-electron chi connectivity index (χ3n) is 5.83. The van der Waals surface area contributed by atoms with E-state index in [0.717, 1.165) is 0 Å². The number of carbonyl (C=O) groups is 1. The van der Waals surface area contributed by atoms with E-state index in [4.69, 9.17) is 44.6 Å². The highest BCUT2D eigenvalue weighted by Crippen LogP contribution is 2.31. The SMILES string of the molecule is O=C(NC(=S)Nc1ccc2oc(-c3ccc(Cl)c(Cl)c3)nc2c1)c1cc([N+](=O)[O-])ccc1N1CCOCC1. The summed E-state index contributed by atoms with van der Waals surface area (Å²) < 4.78 is 11.2. The number of amides is 1. The predicted molar refractivity (Wildman–Crippen MR) is 149 cm³/mol. The van der Waals surface area contributed by atoms with E-state index in [1.165, 1.54) is 12.1 Å². The highest BCUT2D eigenvalue weighted by molar-refractivity contribution is 7.80. The van der Waals surface area contributed by atoms with Gasteiger partial charge in [0.2, 0.25) is 5.89 Å². The van der Waals surface area contributed by atoms with Crippen molar-refractivity contribution in [2.24, 2.45) is 0 Å². The molecule has 0 saturated carbocycles. The first-order valence-corrected chi connectivity index (χ1v) is 12.5. The summed E-state index contributed by atoms with van der Waals surface area (Å²) in [4.78, 5) is 30.4. The van der Waals surface area contributed by atoms with E-state index in [-0.39, 0.29) is 16.4 Å². The lowest BCUT2D eigenvalue weighted by Crippen LogP contribution is -2.39. The number of hydrogen-bond donors (Lipinski definition) is 2. The highest BCUT2D eigenvalue weighted by Gasteiger charge is 2.23. The number of nitro groups is 1. The highest BCUT2D eigenvalue weighted by atomic mass is 35.5. The Morgan fingerprint density at radius 3 is 2.58 bits per heavy atom. The maximum absolute atomic E-state index is 13.1. The number of non-ortho nitro benzene ring substituents is 1. The van der Waals surface area contributed by atoms with Crippen molar-refractivity contribution >= 4 is 74.6 Å². The van der Waals surface area contributed by atoms with E-state index >= 15 is 0 Å². The maximum atomic E-state index is 13.1. The fraction of sp³-hybridized carbons (Fsp3) is 0.160. The van der Waals surface area contributed by atoms with Gasteiger partial charge in [-0.05, 0) is 54.7 Å². The average molecular weight is 572 g/mol. The van der Waals surface area contributed by atoms with E-state index < -0.39 is 10.8 Å². The zero-order chi connectivity index (χ0) is 26.8. The van der Waals surface area contributed by atoms with Crippen LogP contribution in [0, 0.1) is 10.1 Å². The molecule has 1 aromatic heterocycles. The Morgan fingerprint density at radius 1 is 1.05 bits per heavy atom. The van der Waals surface area contributed by atoms with Gasteiger partial charge in [-0.3, -0.25) is 20.2 Å². The summed E-state index contributed by atoms with van der Waals surface area (Å²) in [6.45, 7) is 2.11. The molecule has 1 fully saturated rings. The Hall–Kier alpha value is -3.77. The minimum Gasteiger partial charge on any atom is -0.436 e. The molecule has 4 aromatic rings. The number of fused-ring (bicyclic) bond motifs is 1. The number of nitrogens with zero attached hydrogens (tertiary/aromatic N) is 3. The first-order chi connectivity index (χ1) is 18.3. The summed E-state index contributed by atoms with van der Waals surface area (Å²) in [6, 6.07) is 14.4. The molecule has 1 amide bonds. The summed E-state index contributed by atoms with van der Waals surface area (Å²) in [7, 11) is 0. The van der Waals surface area contributed by atoms with Gasteiger partial charge < -0.3 is 19.4 Å². The largest absolute Gasteiger partial charge is 0.436 e. The van der Waals surface area contributed by atoms with Crippen LogP contribution in [0.15, 0.2) is 59.0 Å². The van der Waals surface area contributed by atoms with Crippen LogP contribution in [0.5, 0.6) is 0 Å². The number of benzene rings is 3. The predicted octanol–water partition coefficient (Wildman–Crippen LogP) is 5.67. The molecule has 10 nitrogen and oxygen atoms in total. The number of hydrogen-bond acceptors (Lipinski definition) is 8. The summed E-state index contributed by atoms with van der Waals surface area (Å²) in [6.07, 6.45) is 0. The second-order valence-corrected chi connectivity index (χ2v) is 9.52. The number of ether oxygens (including phenoxy) is 1. The summed E-state index contributed by atoms with van der Waals surface area (Å²) in [5.41, 5.74) is 2.84. The van der Waals surface area contributed by atoms with Crippen molar-refractivity contribution in [1.82, 2.24) is 10.3 Å². The normalized spacial score (nSPS) is 13.4. The smallest absolute Gasteiger partial charge is 0.270 e. The summed E-state index contributed by atoms with van der Waals surface area (Å²) in [5, 5.41) is 17.7. The molecule has 1 aliphatic rings. The molecule has 2 heterocycles. The molecule has 0 radical (unpaired) electrons. The van der Waals surface area contributed by atoms with Crippen LogP contribution in [0.2, 0.25) is 10.0 Å². The van der Waals surface area contributed by atoms with E-state index in [1.54, 1.807) is 42.5 Å². The molecule has 194 valence electrons. The monoisotopic (exact) mass is 571 g/mol. The third-order valence-corrected chi connectivity index (χ3v) is 6.77. The fourth-order valence-corrected chi connectivity index (χ4v) is 4.50. The zero-order valence-corrected chi connectivity index (χ0v) is 21.9. The quantitative estimate of drug-likeness (QED) is 0.177. The molecule has 0 unspecified atom stereocenters. The number of aromatic nitrogens is 1. The Labute approximate surface area is 231 Å². The molecule has 0 spiro atoms. The number of rotatable bonds is 5. The van der Waals surface area contributed by atoms with Gasteiger partial charge in [-0.1, -0.05) is 23.2 Å². The van der Waals surface area contributed by atoms with Gasteiger partial charge >= 0.3 is 0 Å². The number of anilines is 2. The third kappa shape index (κ3) is 5.55. The molecule has 1 aliphatic heterocycles. The number of halogens is 2. The zero-order valence-electron chi connectivity index (χ0n) is 19.6. The van der Waals surface area contributed by atoms with E-state index in [2.05, 4.69) is 15.6 Å². The Morgan fingerprint density at radius 2 is 1.84 bits per heavy atom. The standard InChI is InChI=1S/C25H19Cl2N5O5S/c26-18-4-1-14(11-19(18)27)24-29-20-12-15(2-6-22(20)37-24)28-25(38)30-23(33)17-13-16(32(34)35)3-5-21(17)31-7-9-36-10-8-31/h1-6,11-13H,7-10H2,(H2,28,30,33,38). The van der Waals surface area contributed by atoms with E-state index in [0.29, 0.717) is 70.3 Å². The Bertz CT molecular complexity index is 1570. The van der Waals surface area contributed by atoms with Crippen LogP contribution in [0.1, 0.15) is 10.4 Å². The number of nitrogens with one attached hydrogen (secondary N) is 2. The van der Waals surface area contributed by atoms with Crippen LogP contribution >= 0.6 is 35.4 Å². The molecule has 0 bridgehead atoms. The lowest BCUT2D eigenvalue weighted by Gasteiger charge is -2.30. The van der Waals surface area contributed by atoms with Crippen molar-refractivity contribution in [2.75, 3.05) is 36.5 Å². The maximum Gasteiger partial charge on any atom is 0.270 e. The molecule has 3 aromatic carbocycles. The number of carbonyl (C=O) groups excluding carboxylic acids is 1. The summed E-state index contributed by atoms with van der Waals surface area (Å²) in [5.74, 6) is -0.204. The summed E-state index contributed by atoms with van der Waals surface area (Å²) >= 11 is 17.4. The van der Waals surface area contributed by atoms with Crippen LogP contribution < -0.4 is 15.5 Å². The Balaban J connectivity index is 1.33. The number of oxazole rings is 1. The van der Waals surface area contributed by atoms with Gasteiger partial charge in [-0.25, -0.2) is 4.98 Å². The van der Waals surface area contributed by atoms with Gasteiger partial charge in [0.1, 0.15) is 5.52 Å². The van der Waals surface area contributed by atoms with Gasteiger partial charge in [-0.2, -0.15) is 0 Å². The lowest BCUT2D eigenvalue weighted by molar-refractivity contribution is -0.384. The molecule has 38 heavy (non-hydrogen) atoms. The van der Waals surface area contributed by atoms with E-state index in [9.17, 15) is 14.9 Å². The topological polar surface area (TPSA) is 123 Å². The first-order valence-electron chi connectivity index (χ1n) is 11.4. The van der Waals surface area contributed by atoms with Crippen molar-refractivity contribution in [2.45, 2.75) is 0 Å². The van der Waals surface area contributed by atoms with Gasteiger partial charge in [0.25, 0.3) is 11.6 Å². The van der Waals surface area contributed by atoms with E-state index in [1.807, 2.05) is 4.90 Å². The minimum atomic E-state index is -0.572. The van der Waals surface area contributed by atoms with Gasteiger partial charge in [0.05, 0.1) is 39.4 Å². The van der Waals surface area contributed by atoms with Crippen LogP contribution in [0.25, 0.3) is 22.6 Å². The van der Waals surface area contributed by atoms with Crippen LogP contribution in [-0.4, -0.2) is 47.2 Å². The van der Waals surface area contributed by atoms with Gasteiger partial charge in [0, 0.05) is 36.5 Å². The molecule has 0 aliphatic carbocycles. The lowest BCUT2D eigenvalue weighted by atomic mass is 10.1. The van der Waals surface area contributed by atoms with Crippen molar-refractivity contribution in [3.63, 3.8) is 0 Å².